The molecule has 5 heteroatoms. The van der Waals surface area contributed by atoms with Gasteiger partial charge >= 0.3 is 0 Å². The molecule has 1 N–H and O–H groups in total. The summed E-state index contributed by atoms with van der Waals surface area (Å²) in [5.41, 5.74) is 0. The van der Waals surface area contributed by atoms with Crippen molar-refractivity contribution in [3.05, 3.63) is 0 Å². The minimum atomic E-state index is -3.76. The van der Waals surface area contributed by atoms with Crippen LogP contribution in [0.3, 0.4) is 0 Å². The van der Waals surface area contributed by atoms with E-state index in [1.54, 1.807) is 7.11 Å². The first-order valence-electron chi connectivity index (χ1n) is 3.00. The fourth-order valence-electron chi connectivity index (χ4n) is 0.531. The van der Waals surface area contributed by atoms with E-state index in [0.717, 1.165) is 0 Å². The Kier molecular flexibility index (Phi) is 4.59. The monoisotopic (exact) mass is 168 g/mol. The molecular formula is C5H12O4S. The van der Waals surface area contributed by atoms with Gasteiger partial charge in [-0.1, -0.05) is 0 Å². The Morgan fingerprint density at radius 1 is 1.40 bits per heavy atom. The van der Waals surface area contributed by atoms with Crippen molar-refractivity contribution in [1.29, 1.82) is 0 Å². The third kappa shape index (κ3) is 7.87. The highest BCUT2D eigenvalue weighted by Gasteiger charge is 2.01. The van der Waals surface area contributed by atoms with Crippen LogP contribution in [0.1, 0.15) is 12.8 Å². The Morgan fingerprint density at radius 2 is 2.00 bits per heavy atom. The molecule has 0 radical (unpaired) electrons. The second-order valence-corrected chi connectivity index (χ2v) is 3.56. The number of rotatable bonds is 5. The summed E-state index contributed by atoms with van der Waals surface area (Å²) in [4.78, 5) is 0. The average molecular weight is 168 g/mol. The first kappa shape index (κ1) is 9.87. The standard InChI is InChI=1S/C5H12O4S/c1-9-4-2-3-5-10(6,7)8/h2-5H2,1H3,(H,6,7,8). The predicted molar refractivity (Wildman–Crippen MR) is 37.5 cm³/mol. The highest BCUT2D eigenvalue weighted by molar-refractivity contribution is 7.85. The maximum absolute atomic E-state index is 10.1. The Bertz CT molecular complexity index is 160. The Morgan fingerprint density at radius 3 is 2.40 bits per heavy atom. The lowest BCUT2D eigenvalue weighted by molar-refractivity contribution is 0.194. The first-order chi connectivity index (χ1) is 4.56. The van der Waals surface area contributed by atoms with Crippen LogP contribution >= 0.6 is 0 Å². The van der Waals surface area contributed by atoms with Crippen LogP contribution in [0.15, 0.2) is 0 Å². The van der Waals surface area contributed by atoms with Gasteiger partial charge in [-0.15, -0.1) is 0 Å². The lowest BCUT2D eigenvalue weighted by atomic mass is 10.4. The van der Waals surface area contributed by atoms with E-state index in [2.05, 4.69) is 4.74 Å². The van der Waals surface area contributed by atoms with Crippen molar-refractivity contribution in [1.82, 2.24) is 0 Å². The highest BCUT2D eigenvalue weighted by Crippen LogP contribution is 1.93. The summed E-state index contributed by atoms with van der Waals surface area (Å²) < 4.78 is 33.1. The molecule has 0 rings (SSSR count). The molecule has 0 saturated heterocycles. The van der Waals surface area contributed by atoms with E-state index in [9.17, 15) is 8.42 Å². The Hall–Kier alpha value is -0.130. The zero-order valence-corrected chi connectivity index (χ0v) is 6.73. The zero-order chi connectivity index (χ0) is 8.04. The molecule has 0 fully saturated rings. The maximum Gasteiger partial charge on any atom is 0.264 e. The molecule has 0 saturated carbocycles. The zero-order valence-electron chi connectivity index (χ0n) is 5.91. The van der Waals surface area contributed by atoms with Crippen molar-refractivity contribution in [3.63, 3.8) is 0 Å². The van der Waals surface area contributed by atoms with E-state index in [1.807, 2.05) is 0 Å². The summed E-state index contributed by atoms with van der Waals surface area (Å²) in [6, 6.07) is 0. The van der Waals surface area contributed by atoms with Gasteiger partial charge < -0.3 is 4.74 Å². The van der Waals surface area contributed by atoms with Crippen LogP contribution in [0.25, 0.3) is 0 Å². The molecule has 0 unspecified atom stereocenters. The van der Waals surface area contributed by atoms with Gasteiger partial charge in [-0.05, 0) is 12.8 Å². The van der Waals surface area contributed by atoms with Gasteiger partial charge in [-0.3, -0.25) is 4.55 Å². The van der Waals surface area contributed by atoms with E-state index in [4.69, 9.17) is 4.55 Å². The van der Waals surface area contributed by atoms with Gasteiger partial charge in [0.25, 0.3) is 10.1 Å². The predicted octanol–water partition coefficient (Wildman–Crippen LogP) is 0.301. The molecular weight excluding hydrogens is 156 g/mol. The Balaban J connectivity index is 3.21. The molecule has 0 amide bonds. The summed E-state index contributed by atoms with van der Waals surface area (Å²) in [6.45, 7) is 0.537. The summed E-state index contributed by atoms with van der Waals surface area (Å²) in [5, 5.41) is 0. The summed E-state index contributed by atoms with van der Waals surface area (Å²) in [6.07, 6.45) is 1.11. The molecule has 0 bridgehead atoms. The molecule has 0 aliphatic rings. The second-order valence-electron chi connectivity index (χ2n) is 1.99. The number of hydrogen-bond donors (Lipinski definition) is 1. The minimum absolute atomic E-state index is 0.170. The highest BCUT2D eigenvalue weighted by atomic mass is 32.2. The van der Waals surface area contributed by atoms with Crippen molar-refractivity contribution in [2.24, 2.45) is 0 Å². The number of hydrogen-bond acceptors (Lipinski definition) is 3. The number of unbranched alkanes of at least 4 members (excludes halogenated alkanes) is 1. The topological polar surface area (TPSA) is 63.6 Å². The lowest BCUT2D eigenvalue weighted by Crippen LogP contribution is -2.04. The van der Waals surface area contributed by atoms with Crippen LogP contribution in [0, 0.1) is 0 Å². The summed E-state index contributed by atoms with van der Waals surface area (Å²) in [7, 11) is -2.21. The van der Waals surface area contributed by atoms with Gasteiger partial charge in [0.05, 0.1) is 5.75 Å². The van der Waals surface area contributed by atoms with E-state index < -0.39 is 10.1 Å². The maximum atomic E-state index is 10.1. The number of methoxy groups -OCH3 is 1. The fourth-order valence-corrected chi connectivity index (χ4v) is 1.10. The molecule has 62 valence electrons. The van der Waals surface area contributed by atoms with Crippen LogP contribution in [-0.4, -0.2) is 32.4 Å². The average Bonchev–Trinajstić information content (AvgIpc) is 1.78. The molecule has 0 aliphatic heterocycles. The molecule has 0 aromatic heterocycles. The van der Waals surface area contributed by atoms with E-state index in [0.29, 0.717) is 19.4 Å². The van der Waals surface area contributed by atoms with E-state index >= 15 is 0 Å². The molecule has 0 aromatic rings. The van der Waals surface area contributed by atoms with Crippen LogP contribution in [0.4, 0.5) is 0 Å². The summed E-state index contributed by atoms with van der Waals surface area (Å²) in [5.74, 6) is -0.170. The molecule has 0 aromatic carbocycles. The molecule has 0 aliphatic carbocycles. The van der Waals surface area contributed by atoms with Gasteiger partial charge in [0.2, 0.25) is 0 Å². The van der Waals surface area contributed by atoms with E-state index in [-0.39, 0.29) is 5.75 Å². The van der Waals surface area contributed by atoms with E-state index in [1.165, 1.54) is 0 Å². The molecule has 10 heavy (non-hydrogen) atoms. The molecule has 4 nitrogen and oxygen atoms in total. The van der Waals surface area contributed by atoms with Crippen molar-refractivity contribution in [3.8, 4) is 0 Å². The minimum Gasteiger partial charge on any atom is -0.385 e. The van der Waals surface area contributed by atoms with Gasteiger partial charge in [0, 0.05) is 13.7 Å². The number of ether oxygens (including phenoxy) is 1. The van der Waals surface area contributed by atoms with Gasteiger partial charge in [-0.2, -0.15) is 8.42 Å². The van der Waals surface area contributed by atoms with Crippen molar-refractivity contribution < 1.29 is 17.7 Å². The molecule has 0 spiro atoms. The summed E-state index contributed by atoms with van der Waals surface area (Å²) >= 11 is 0. The van der Waals surface area contributed by atoms with Crippen molar-refractivity contribution in [2.75, 3.05) is 19.5 Å². The van der Waals surface area contributed by atoms with Crippen LogP contribution in [-0.2, 0) is 14.9 Å². The van der Waals surface area contributed by atoms with Gasteiger partial charge in [0.15, 0.2) is 0 Å². The smallest absolute Gasteiger partial charge is 0.264 e. The molecule has 0 atom stereocenters. The van der Waals surface area contributed by atoms with Gasteiger partial charge in [0.1, 0.15) is 0 Å². The SMILES string of the molecule is COCCCCS(=O)(=O)O. The third-order valence-corrected chi connectivity index (χ3v) is 1.81. The second kappa shape index (κ2) is 4.65. The van der Waals surface area contributed by atoms with Crippen molar-refractivity contribution in [2.45, 2.75) is 12.8 Å². The van der Waals surface area contributed by atoms with Crippen molar-refractivity contribution >= 4 is 10.1 Å². The Labute approximate surface area is 60.9 Å². The van der Waals surface area contributed by atoms with Gasteiger partial charge in [-0.25, -0.2) is 0 Å². The first-order valence-corrected chi connectivity index (χ1v) is 4.61. The lowest BCUT2D eigenvalue weighted by Gasteiger charge is -1.96. The van der Waals surface area contributed by atoms with Crippen LogP contribution < -0.4 is 0 Å². The molecule has 0 heterocycles. The largest absolute Gasteiger partial charge is 0.385 e. The van der Waals surface area contributed by atoms with Crippen LogP contribution in [0.2, 0.25) is 0 Å². The van der Waals surface area contributed by atoms with Crippen LogP contribution in [0.5, 0.6) is 0 Å². The quantitative estimate of drug-likeness (QED) is 0.473. The third-order valence-electron chi connectivity index (χ3n) is 1.00. The normalized spacial score (nSPS) is 11.8. The fraction of sp³-hybridized carbons (Fsp3) is 1.00.